The summed E-state index contributed by atoms with van der Waals surface area (Å²) in [5.74, 6) is -0.271. The van der Waals surface area contributed by atoms with Gasteiger partial charge in [0.1, 0.15) is 5.25 Å². The summed E-state index contributed by atoms with van der Waals surface area (Å²) in [5, 5.41) is -1.26. The maximum absolute atomic E-state index is 12.7. The Labute approximate surface area is 126 Å². The third-order valence-electron chi connectivity index (χ3n) is 4.76. The summed E-state index contributed by atoms with van der Waals surface area (Å²) >= 11 is 0. The molecule has 0 aromatic heterocycles. The first-order chi connectivity index (χ1) is 10.0. The van der Waals surface area contributed by atoms with E-state index in [-0.39, 0.29) is 11.2 Å². The molecule has 114 valence electrons. The van der Waals surface area contributed by atoms with Gasteiger partial charge in [-0.2, -0.15) is 0 Å². The number of benzene rings is 1. The zero-order valence-corrected chi connectivity index (χ0v) is 13.1. The zero-order chi connectivity index (χ0) is 15.0. The van der Waals surface area contributed by atoms with Crippen molar-refractivity contribution in [3.63, 3.8) is 0 Å². The summed E-state index contributed by atoms with van der Waals surface area (Å²) in [4.78, 5) is 14.3. The number of nitrogens with zero attached hydrogens (tertiary/aromatic N) is 1. The Morgan fingerprint density at radius 1 is 1.24 bits per heavy atom. The van der Waals surface area contributed by atoms with Crippen molar-refractivity contribution < 1.29 is 13.2 Å². The van der Waals surface area contributed by atoms with Gasteiger partial charge in [-0.3, -0.25) is 4.79 Å². The molecule has 0 spiro atoms. The number of rotatable bonds is 3. The Kier molecular flexibility index (Phi) is 3.78. The highest BCUT2D eigenvalue weighted by molar-refractivity contribution is 7.93. The number of hydrogen-bond donors (Lipinski definition) is 0. The van der Waals surface area contributed by atoms with E-state index in [4.69, 9.17) is 0 Å². The lowest BCUT2D eigenvalue weighted by atomic mass is 10.2. The molecular weight excluding hydrogens is 286 g/mol. The van der Waals surface area contributed by atoms with Gasteiger partial charge in [-0.05, 0) is 37.8 Å². The number of sulfone groups is 1. The highest BCUT2D eigenvalue weighted by Gasteiger charge is 2.40. The van der Waals surface area contributed by atoms with Gasteiger partial charge in [0.2, 0.25) is 5.91 Å². The van der Waals surface area contributed by atoms with Crippen LogP contribution >= 0.6 is 0 Å². The summed E-state index contributed by atoms with van der Waals surface area (Å²) in [6.07, 6.45) is 4.12. The number of hydrogen-bond acceptors (Lipinski definition) is 3. The molecule has 4 nitrogen and oxygen atoms in total. The number of anilines is 1. The molecule has 0 radical (unpaired) electrons. The predicted molar refractivity (Wildman–Crippen MR) is 83.1 cm³/mol. The van der Waals surface area contributed by atoms with Crippen LogP contribution in [0.5, 0.6) is 0 Å². The minimum atomic E-state index is -3.37. The van der Waals surface area contributed by atoms with Crippen molar-refractivity contribution in [2.24, 2.45) is 0 Å². The van der Waals surface area contributed by atoms with E-state index in [0.717, 1.165) is 30.5 Å². The van der Waals surface area contributed by atoms with Crippen LogP contribution in [0.4, 0.5) is 5.69 Å². The minimum absolute atomic E-state index is 0.271. The summed E-state index contributed by atoms with van der Waals surface area (Å²) in [7, 11) is -3.37. The second-order valence-corrected chi connectivity index (χ2v) is 8.56. The molecule has 0 unspecified atom stereocenters. The topological polar surface area (TPSA) is 54.5 Å². The van der Waals surface area contributed by atoms with E-state index in [1.165, 1.54) is 0 Å². The van der Waals surface area contributed by atoms with Crippen LogP contribution in [-0.2, 0) is 21.1 Å². The van der Waals surface area contributed by atoms with E-state index in [0.29, 0.717) is 19.4 Å². The first kappa shape index (κ1) is 14.6. The molecule has 1 fully saturated rings. The molecule has 2 aliphatic rings. The lowest BCUT2D eigenvalue weighted by molar-refractivity contribution is -0.117. The van der Waals surface area contributed by atoms with E-state index >= 15 is 0 Å². The normalized spacial score (nSPS) is 20.5. The SMILES string of the molecule is C[C@H](C(=O)N1CCc2ccccc21)S(=O)(=O)C1CCCC1. The Morgan fingerprint density at radius 2 is 1.90 bits per heavy atom. The maximum Gasteiger partial charge on any atom is 0.245 e. The summed E-state index contributed by atoms with van der Waals surface area (Å²) in [6.45, 7) is 2.14. The number of carbonyl (C=O) groups is 1. The molecule has 5 heteroatoms. The monoisotopic (exact) mass is 307 g/mol. The Hall–Kier alpha value is -1.36. The average molecular weight is 307 g/mol. The van der Waals surface area contributed by atoms with Gasteiger partial charge >= 0.3 is 0 Å². The summed E-state index contributed by atoms with van der Waals surface area (Å²) in [6, 6.07) is 7.74. The molecule has 21 heavy (non-hydrogen) atoms. The number of amides is 1. The predicted octanol–water partition coefficient (Wildman–Crippen LogP) is 2.32. The highest BCUT2D eigenvalue weighted by atomic mass is 32.2. The molecule has 1 heterocycles. The maximum atomic E-state index is 12.7. The van der Waals surface area contributed by atoms with Crippen LogP contribution in [-0.4, -0.2) is 31.4 Å². The molecule has 0 N–H and O–H groups in total. The molecule has 1 atom stereocenters. The largest absolute Gasteiger partial charge is 0.311 e. The molecule has 1 aromatic carbocycles. The number of para-hydroxylation sites is 1. The van der Waals surface area contributed by atoms with Crippen LogP contribution in [0.3, 0.4) is 0 Å². The molecule has 0 bridgehead atoms. The van der Waals surface area contributed by atoms with Crippen LogP contribution < -0.4 is 4.90 Å². The van der Waals surface area contributed by atoms with Crippen molar-refractivity contribution in [2.45, 2.75) is 49.5 Å². The Bertz CT molecular complexity index is 647. The summed E-state index contributed by atoms with van der Waals surface area (Å²) < 4.78 is 25.2. The van der Waals surface area contributed by atoms with Gasteiger partial charge in [-0.15, -0.1) is 0 Å². The van der Waals surface area contributed by atoms with Crippen molar-refractivity contribution in [1.29, 1.82) is 0 Å². The fourth-order valence-electron chi connectivity index (χ4n) is 3.43. The van der Waals surface area contributed by atoms with Gasteiger partial charge in [0.15, 0.2) is 9.84 Å². The first-order valence-corrected chi connectivity index (χ1v) is 9.25. The number of fused-ring (bicyclic) bond motifs is 1. The molecule has 0 saturated heterocycles. The smallest absolute Gasteiger partial charge is 0.245 e. The average Bonchev–Trinajstić information content (AvgIpc) is 3.15. The van der Waals surface area contributed by atoms with Gasteiger partial charge in [-0.25, -0.2) is 8.42 Å². The van der Waals surface area contributed by atoms with Gasteiger partial charge in [0.25, 0.3) is 0 Å². The molecule has 1 amide bonds. The van der Waals surface area contributed by atoms with Crippen LogP contribution in [0.25, 0.3) is 0 Å². The van der Waals surface area contributed by atoms with E-state index in [1.54, 1.807) is 11.8 Å². The molecule has 1 saturated carbocycles. The quantitative estimate of drug-likeness (QED) is 0.861. The summed E-state index contributed by atoms with van der Waals surface area (Å²) in [5.41, 5.74) is 1.99. The van der Waals surface area contributed by atoms with Crippen molar-refractivity contribution >= 4 is 21.4 Å². The Morgan fingerprint density at radius 3 is 2.62 bits per heavy atom. The van der Waals surface area contributed by atoms with Crippen molar-refractivity contribution in [3.8, 4) is 0 Å². The van der Waals surface area contributed by atoms with E-state index < -0.39 is 15.1 Å². The van der Waals surface area contributed by atoms with Crippen LogP contribution in [0, 0.1) is 0 Å². The van der Waals surface area contributed by atoms with Crippen LogP contribution in [0.1, 0.15) is 38.2 Å². The van der Waals surface area contributed by atoms with Gasteiger partial charge < -0.3 is 4.90 Å². The molecule has 1 aliphatic carbocycles. The molecule has 1 aliphatic heterocycles. The van der Waals surface area contributed by atoms with Crippen molar-refractivity contribution in [2.75, 3.05) is 11.4 Å². The fraction of sp³-hybridized carbons (Fsp3) is 0.562. The standard InChI is InChI=1S/C16H21NO3S/c1-12(21(19,20)14-7-3-4-8-14)16(18)17-11-10-13-6-2-5-9-15(13)17/h2,5-6,9,12,14H,3-4,7-8,10-11H2,1H3/t12-/m1/s1. The van der Waals surface area contributed by atoms with Crippen molar-refractivity contribution in [3.05, 3.63) is 29.8 Å². The lowest BCUT2D eigenvalue weighted by Gasteiger charge is -2.23. The van der Waals surface area contributed by atoms with Crippen LogP contribution in [0.15, 0.2) is 24.3 Å². The van der Waals surface area contributed by atoms with Crippen molar-refractivity contribution in [1.82, 2.24) is 0 Å². The third kappa shape index (κ3) is 2.48. The second kappa shape index (κ2) is 5.44. The van der Waals surface area contributed by atoms with Gasteiger partial charge in [0, 0.05) is 12.2 Å². The fourth-order valence-corrected chi connectivity index (χ4v) is 5.41. The van der Waals surface area contributed by atoms with E-state index in [9.17, 15) is 13.2 Å². The van der Waals surface area contributed by atoms with E-state index in [1.807, 2.05) is 24.3 Å². The second-order valence-electron chi connectivity index (χ2n) is 6.01. The number of carbonyl (C=O) groups excluding carboxylic acids is 1. The molecule has 1 aromatic rings. The lowest BCUT2D eigenvalue weighted by Crippen LogP contribution is -2.43. The van der Waals surface area contributed by atoms with E-state index in [2.05, 4.69) is 0 Å². The van der Waals surface area contributed by atoms with Gasteiger partial charge in [0.05, 0.1) is 5.25 Å². The third-order valence-corrected chi connectivity index (χ3v) is 7.35. The van der Waals surface area contributed by atoms with Gasteiger partial charge in [-0.1, -0.05) is 31.0 Å². The Balaban J connectivity index is 1.83. The van der Waals surface area contributed by atoms with Crippen LogP contribution in [0.2, 0.25) is 0 Å². The zero-order valence-electron chi connectivity index (χ0n) is 12.3. The highest BCUT2D eigenvalue weighted by Crippen LogP contribution is 2.31. The molecule has 3 rings (SSSR count). The first-order valence-electron chi connectivity index (χ1n) is 7.64. The minimum Gasteiger partial charge on any atom is -0.311 e. The molecular formula is C16H21NO3S.